The van der Waals surface area contributed by atoms with Crippen molar-refractivity contribution in [2.24, 2.45) is 0 Å². The molecule has 2 rings (SSSR count). The Bertz CT molecular complexity index is 628. The Morgan fingerprint density at radius 3 is 2.68 bits per heavy atom. The predicted molar refractivity (Wildman–Crippen MR) is 75.2 cm³/mol. The summed E-state index contributed by atoms with van der Waals surface area (Å²) < 4.78 is 13.6. The summed E-state index contributed by atoms with van der Waals surface area (Å²) in [6.07, 6.45) is 0. The SMILES string of the molecule is O=C(Nc1cc(Cl)ccc1O)c1cc(F)cc(Br)c1. The molecule has 0 fully saturated rings. The third-order valence-electron chi connectivity index (χ3n) is 2.33. The first kappa shape index (κ1) is 13.8. The maximum atomic E-state index is 13.2. The fraction of sp³-hybridized carbons (Fsp3) is 0. The summed E-state index contributed by atoms with van der Waals surface area (Å²) in [6.45, 7) is 0. The van der Waals surface area contributed by atoms with E-state index in [1.54, 1.807) is 0 Å². The molecule has 19 heavy (non-hydrogen) atoms. The Balaban J connectivity index is 2.28. The van der Waals surface area contributed by atoms with Gasteiger partial charge in [0.25, 0.3) is 5.91 Å². The van der Waals surface area contributed by atoms with Gasteiger partial charge in [-0.2, -0.15) is 0 Å². The van der Waals surface area contributed by atoms with E-state index in [2.05, 4.69) is 21.2 Å². The second-order valence-corrected chi connectivity index (χ2v) is 5.13. The minimum Gasteiger partial charge on any atom is -0.506 e. The third kappa shape index (κ3) is 3.45. The van der Waals surface area contributed by atoms with Gasteiger partial charge in [-0.3, -0.25) is 4.79 Å². The van der Waals surface area contributed by atoms with Crippen LogP contribution in [0.25, 0.3) is 0 Å². The number of benzene rings is 2. The van der Waals surface area contributed by atoms with Crippen molar-refractivity contribution < 1.29 is 14.3 Å². The van der Waals surface area contributed by atoms with Crippen molar-refractivity contribution in [3.05, 3.63) is 57.3 Å². The van der Waals surface area contributed by atoms with E-state index in [0.717, 1.165) is 6.07 Å². The highest BCUT2D eigenvalue weighted by Gasteiger charge is 2.11. The van der Waals surface area contributed by atoms with E-state index in [0.29, 0.717) is 9.50 Å². The molecule has 0 radical (unpaired) electrons. The first-order valence-corrected chi connectivity index (χ1v) is 6.39. The van der Waals surface area contributed by atoms with Crippen molar-refractivity contribution in [3.8, 4) is 5.75 Å². The van der Waals surface area contributed by atoms with Crippen LogP contribution in [-0.2, 0) is 0 Å². The minimum absolute atomic E-state index is 0.117. The van der Waals surface area contributed by atoms with Gasteiger partial charge in [0, 0.05) is 15.1 Å². The second kappa shape index (κ2) is 5.59. The summed E-state index contributed by atoms with van der Waals surface area (Å²) in [6, 6.07) is 8.07. The van der Waals surface area contributed by atoms with Gasteiger partial charge in [0.2, 0.25) is 0 Å². The molecule has 6 heteroatoms. The van der Waals surface area contributed by atoms with E-state index in [4.69, 9.17) is 11.6 Å². The number of anilines is 1. The number of hydrogen-bond donors (Lipinski definition) is 2. The smallest absolute Gasteiger partial charge is 0.255 e. The molecular weight excluding hydrogens is 337 g/mol. The number of nitrogens with one attached hydrogen (secondary N) is 1. The molecule has 2 aromatic rings. The van der Waals surface area contributed by atoms with Crippen molar-refractivity contribution in [2.75, 3.05) is 5.32 Å². The molecule has 98 valence electrons. The van der Waals surface area contributed by atoms with Crippen molar-refractivity contribution in [2.45, 2.75) is 0 Å². The number of amides is 1. The fourth-order valence-corrected chi connectivity index (χ4v) is 2.13. The molecule has 0 aliphatic heterocycles. The van der Waals surface area contributed by atoms with E-state index in [1.165, 1.54) is 30.3 Å². The second-order valence-electron chi connectivity index (χ2n) is 3.77. The van der Waals surface area contributed by atoms with Gasteiger partial charge in [-0.05, 0) is 36.4 Å². The fourth-order valence-electron chi connectivity index (χ4n) is 1.49. The minimum atomic E-state index is -0.544. The number of phenols is 1. The monoisotopic (exact) mass is 343 g/mol. The normalized spacial score (nSPS) is 10.3. The Kier molecular flexibility index (Phi) is 4.07. The molecule has 2 N–H and O–H groups in total. The summed E-state index contributed by atoms with van der Waals surface area (Å²) in [5.41, 5.74) is 0.295. The standard InChI is InChI=1S/C13H8BrClFNO2/c14-8-3-7(4-10(16)5-8)13(19)17-11-6-9(15)1-2-12(11)18/h1-6,18H,(H,17,19). The van der Waals surface area contributed by atoms with Crippen molar-refractivity contribution in [1.82, 2.24) is 0 Å². The van der Waals surface area contributed by atoms with Gasteiger partial charge in [0.15, 0.2) is 0 Å². The molecule has 0 saturated carbocycles. The molecule has 3 nitrogen and oxygen atoms in total. The maximum absolute atomic E-state index is 13.2. The molecule has 0 aliphatic carbocycles. The van der Waals surface area contributed by atoms with Crippen LogP contribution in [0.3, 0.4) is 0 Å². The van der Waals surface area contributed by atoms with Crippen LogP contribution in [-0.4, -0.2) is 11.0 Å². The number of hydrogen-bond acceptors (Lipinski definition) is 2. The molecule has 0 bridgehead atoms. The van der Waals surface area contributed by atoms with E-state index in [9.17, 15) is 14.3 Å². The van der Waals surface area contributed by atoms with Crippen LogP contribution in [0.1, 0.15) is 10.4 Å². The highest BCUT2D eigenvalue weighted by atomic mass is 79.9. The average molecular weight is 345 g/mol. The predicted octanol–water partition coefficient (Wildman–Crippen LogP) is 4.20. The molecule has 0 saturated heterocycles. The number of halogens is 3. The quantitative estimate of drug-likeness (QED) is 0.802. The van der Waals surface area contributed by atoms with Gasteiger partial charge < -0.3 is 10.4 Å². The van der Waals surface area contributed by atoms with Crippen molar-refractivity contribution in [1.29, 1.82) is 0 Å². The van der Waals surface area contributed by atoms with Crippen LogP contribution in [0.2, 0.25) is 5.02 Å². The Labute approximate surface area is 122 Å². The highest BCUT2D eigenvalue weighted by Crippen LogP contribution is 2.27. The van der Waals surface area contributed by atoms with E-state index in [1.807, 2.05) is 0 Å². The van der Waals surface area contributed by atoms with E-state index < -0.39 is 11.7 Å². The summed E-state index contributed by atoms with van der Waals surface area (Å²) in [7, 11) is 0. The van der Waals surface area contributed by atoms with Crippen molar-refractivity contribution in [3.63, 3.8) is 0 Å². The number of carbonyl (C=O) groups is 1. The highest BCUT2D eigenvalue weighted by molar-refractivity contribution is 9.10. The van der Waals surface area contributed by atoms with E-state index in [-0.39, 0.29) is 17.0 Å². The summed E-state index contributed by atoms with van der Waals surface area (Å²) in [4.78, 5) is 11.9. The Morgan fingerprint density at radius 1 is 1.26 bits per heavy atom. The van der Waals surface area contributed by atoms with Crippen LogP contribution in [0.5, 0.6) is 5.75 Å². The van der Waals surface area contributed by atoms with Gasteiger partial charge in [-0.1, -0.05) is 27.5 Å². The maximum Gasteiger partial charge on any atom is 0.255 e. The molecule has 0 aliphatic rings. The van der Waals surface area contributed by atoms with Gasteiger partial charge in [-0.25, -0.2) is 4.39 Å². The van der Waals surface area contributed by atoms with Crippen LogP contribution in [0.4, 0.5) is 10.1 Å². The zero-order valence-corrected chi connectivity index (χ0v) is 11.8. The molecule has 1 amide bonds. The van der Waals surface area contributed by atoms with Crippen molar-refractivity contribution >= 4 is 39.1 Å². The number of carbonyl (C=O) groups excluding carboxylic acids is 1. The third-order valence-corrected chi connectivity index (χ3v) is 3.02. The average Bonchev–Trinajstić information content (AvgIpc) is 2.32. The first-order chi connectivity index (χ1) is 8.95. The topological polar surface area (TPSA) is 49.3 Å². The molecule has 0 unspecified atom stereocenters. The Morgan fingerprint density at radius 2 is 2.00 bits per heavy atom. The summed E-state index contributed by atoms with van der Waals surface area (Å²) in [5.74, 6) is -1.19. The lowest BCUT2D eigenvalue weighted by atomic mass is 10.2. The number of rotatable bonds is 2. The Hall–Kier alpha value is -1.59. The lowest BCUT2D eigenvalue weighted by Gasteiger charge is -2.08. The lowest BCUT2D eigenvalue weighted by Crippen LogP contribution is -2.12. The molecular formula is C13H8BrClFNO2. The zero-order chi connectivity index (χ0) is 14.0. The molecule has 0 heterocycles. The number of aromatic hydroxyl groups is 1. The van der Waals surface area contributed by atoms with Gasteiger partial charge in [0.05, 0.1) is 5.69 Å². The molecule has 0 aromatic heterocycles. The first-order valence-electron chi connectivity index (χ1n) is 5.21. The summed E-state index contributed by atoms with van der Waals surface area (Å²) >= 11 is 8.87. The van der Waals surface area contributed by atoms with Gasteiger partial charge in [-0.15, -0.1) is 0 Å². The zero-order valence-electron chi connectivity index (χ0n) is 9.45. The molecule has 0 spiro atoms. The van der Waals surface area contributed by atoms with Crippen LogP contribution in [0, 0.1) is 5.82 Å². The largest absolute Gasteiger partial charge is 0.506 e. The van der Waals surface area contributed by atoms with Crippen LogP contribution in [0.15, 0.2) is 40.9 Å². The van der Waals surface area contributed by atoms with Gasteiger partial charge >= 0.3 is 0 Å². The van der Waals surface area contributed by atoms with Gasteiger partial charge in [0.1, 0.15) is 11.6 Å². The summed E-state index contributed by atoms with van der Waals surface area (Å²) in [5, 5.41) is 12.4. The molecule has 0 atom stereocenters. The van der Waals surface area contributed by atoms with Crippen LogP contribution < -0.4 is 5.32 Å². The van der Waals surface area contributed by atoms with Crippen LogP contribution >= 0.6 is 27.5 Å². The lowest BCUT2D eigenvalue weighted by molar-refractivity contribution is 0.102. The van der Waals surface area contributed by atoms with E-state index >= 15 is 0 Å². The number of phenolic OH excluding ortho intramolecular Hbond substituents is 1. The molecule has 2 aromatic carbocycles.